The smallest absolute Gasteiger partial charge is 0.287 e. The van der Waals surface area contributed by atoms with E-state index >= 15 is 0 Å². The van der Waals surface area contributed by atoms with E-state index in [1.807, 2.05) is 73.7 Å². The van der Waals surface area contributed by atoms with Gasteiger partial charge in [-0.3, -0.25) is 14.0 Å². The quantitative estimate of drug-likeness (QED) is 0.519. The number of fused-ring (bicyclic) bond motifs is 1. The van der Waals surface area contributed by atoms with Crippen LogP contribution in [0.5, 0.6) is 0 Å². The van der Waals surface area contributed by atoms with E-state index in [0.29, 0.717) is 12.1 Å². The standard InChI is InChI=1S/C24H22N4O2/c1-17(19-12-6-3-7-13-19)26-23(29)21-20-14-8-9-15-28(20)22(27-21)24(30)25-16-18-10-4-2-5-11-18/h2-15,17H,16H2,1H3,(H,25,30)(H,26,29). The molecule has 1 unspecified atom stereocenters. The van der Waals surface area contributed by atoms with Gasteiger partial charge in [-0.15, -0.1) is 0 Å². The van der Waals surface area contributed by atoms with Gasteiger partial charge in [-0.05, 0) is 30.2 Å². The number of pyridine rings is 1. The Morgan fingerprint density at radius 3 is 2.30 bits per heavy atom. The topological polar surface area (TPSA) is 75.5 Å². The van der Waals surface area contributed by atoms with Crippen LogP contribution in [-0.2, 0) is 6.54 Å². The van der Waals surface area contributed by atoms with Crippen LogP contribution in [0.3, 0.4) is 0 Å². The first-order valence-corrected chi connectivity index (χ1v) is 9.78. The molecule has 0 spiro atoms. The predicted octanol–water partition coefficient (Wildman–Crippen LogP) is 3.76. The van der Waals surface area contributed by atoms with Gasteiger partial charge in [0, 0.05) is 12.7 Å². The van der Waals surface area contributed by atoms with Crippen LogP contribution in [0.15, 0.2) is 85.1 Å². The molecule has 1 atom stereocenters. The highest BCUT2D eigenvalue weighted by Gasteiger charge is 2.22. The van der Waals surface area contributed by atoms with Crippen LogP contribution in [0, 0.1) is 0 Å². The number of aromatic nitrogens is 2. The first-order valence-electron chi connectivity index (χ1n) is 9.78. The van der Waals surface area contributed by atoms with Crippen molar-refractivity contribution in [3.05, 3.63) is 108 Å². The Balaban J connectivity index is 1.57. The van der Waals surface area contributed by atoms with Crippen molar-refractivity contribution in [3.8, 4) is 0 Å². The average molecular weight is 398 g/mol. The van der Waals surface area contributed by atoms with E-state index in [2.05, 4.69) is 15.6 Å². The molecule has 2 aromatic heterocycles. The molecule has 30 heavy (non-hydrogen) atoms. The molecule has 0 bridgehead atoms. The van der Waals surface area contributed by atoms with E-state index in [1.165, 1.54) is 0 Å². The van der Waals surface area contributed by atoms with Gasteiger partial charge in [0.1, 0.15) is 0 Å². The van der Waals surface area contributed by atoms with Crippen LogP contribution in [0.4, 0.5) is 0 Å². The Labute approximate surface area is 174 Å². The lowest BCUT2D eigenvalue weighted by Crippen LogP contribution is -2.27. The van der Waals surface area contributed by atoms with E-state index in [0.717, 1.165) is 11.1 Å². The summed E-state index contributed by atoms with van der Waals surface area (Å²) in [5.74, 6) is -0.480. The summed E-state index contributed by atoms with van der Waals surface area (Å²) in [6, 6.07) is 24.6. The Morgan fingerprint density at radius 1 is 0.900 bits per heavy atom. The zero-order valence-electron chi connectivity index (χ0n) is 16.6. The highest BCUT2D eigenvalue weighted by molar-refractivity contribution is 6.02. The summed E-state index contributed by atoms with van der Waals surface area (Å²) >= 11 is 0. The number of nitrogens with zero attached hydrogens (tertiary/aromatic N) is 2. The van der Waals surface area contributed by atoms with Gasteiger partial charge in [-0.25, -0.2) is 4.98 Å². The highest BCUT2D eigenvalue weighted by Crippen LogP contribution is 2.16. The second kappa shape index (κ2) is 8.61. The summed E-state index contributed by atoms with van der Waals surface area (Å²) < 4.78 is 1.64. The van der Waals surface area contributed by atoms with Crippen LogP contribution < -0.4 is 10.6 Å². The Kier molecular flexibility index (Phi) is 5.57. The fourth-order valence-electron chi connectivity index (χ4n) is 3.31. The second-order valence-electron chi connectivity index (χ2n) is 7.01. The number of carbonyl (C=O) groups excluding carboxylic acids is 2. The van der Waals surface area contributed by atoms with E-state index in [9.17, 15) is 9.59 Å². The third-order valence-corrected chi connectivity index (χ3v) is 4.91. The predicted molar refractivity (Wildman–Crippen MR) is 115 cm³/mol. The van der Waals surface area contributed by atoms with E-state index in [4.69, 9.17) is 0 Å². The molecule has 4 rings (SSSR count). The fourth-order valence-corrected chi connectivity index (χ4v) is 3.31. The van der Waals surface area contributed by atoms with Gasteiger partial charge >= 0.3 is 0 Å². The van der Waals surface area contributed by atoms with Crippen molar-refractivity contribution >= 4 is 17.3 Å². The lowest BCUT2D eigenvalue weighted by atomic mass is 10.1. The molecule has 0 aliphatic rings. The lowest BCUT2D eigenvalue weighted by Gasteiger charge is -2.13. The van der Waals surface area contributed by atoms with Crippen LogP contribution in [0.1, 0.15) is 45.2 Å². The number of hydrogen-bond donors (Lipinski definition) is 2. The number of carbonyl (C=O) groups is 2. The molecular formula is C24H22N4O2. The molecule has 6 nitrogen and oxygen atoms in total. The number of imidazole rings is 1. The lowest BCUT2D eigenvalue weighted by molar-refractivity contribution is 0.0936. The van der Waals surface area contributed by atoms with Gasteiger partial charge in [0.2, 0.25) is 5.82 Å². The molecule has 0 fully saturated rings. The Bertz CT molecular complexity index is 1170. The average Bonchev–Trinajstić information content (AvgIpc) is 3.19. The molecular weight excluding hydrogens is 376 g/mol. The molecule has 2 aromatic carbocycles. The SMILES string of the molecule is CC(NC(=O)c1nc(C(=O)NCc2ccccc2)n2ccccc12)c1ccccc1. The third kappa shape index (κ3) is 4.07. The highest BCUT2D eigenvalue weighted by atomic mass is 16.2. The number of rotatable bonds is 6. The van der Waals surface area contributed by atoms with Crippen LogP contribution in [0.2, 0.25) is 0 Å². The first-order chi connectivity index (χ1) is 14.6. The van der Waals surface area contributed by atoms with Gasteiger partial charge in [0.15, 0.2) is 5.69 Å². The maximum absolute atomic E-state index is 12.9. The summed E-state index contributed by atoms with van der Waals surface area (Å²) in [5, 5.41) is 5.84. The van der Waals surface area contributed by atoms with Gasteiger partial charge in [-0.1, -0.05) is 66.7 Å². The molecule has 2 amide bonds. The zero-order valence-corrected chi connectivity index (χ0v) is 16.6. The van der Waals surface area contributed by atoms with Crippen LogP contribution in [0.25, 0.3) is 5.52 Å². The van der Waals surface area contributed by atoms with Crippen molar-refractivity contribution < 1.29 is 9.59 Å². The third-order valence-electron chi connectivity index (χ3n) is 4.91. The molecule has 6 heteroatoms. The first kappa shape index (κ1) is 19.4. The molecule has 2 N–H and O–H groups in total. The number of hydrogen-bond acceptors (Lipinski definition) is 3. The zero-order chi connectivity index (χ0) is 20.9. The van der Waals surface area contributed by atoms with Crippen molar-refractivity contribution in [3.63, 3.8) is 0 Å². The second-order valence-corrected chi connectivity index (χ2v) is 7.01. The maximum atomic E-state index is 12.9. The van der Waals surface area contributed by atoms with E-state index < -0.39 is 0 Å². The van der Waals surface area contributed by atoms with Gasteiger partial charge in [-0.2, -0.15) is 0 Å². The van der Waals surface area contributed by atoms with Crippen molar-refractivity contribution in [2.45, 2.75) is 19.5 Å². The maximum Gasteiger partial charge on any atom is 0.287 e. The van der Waals surface area contributed by atoms with E-state index in [-0.39, 0.29) is 29.4 Å². The monoisotopic (exact) mass is 398 g/mol. The molecule has 0 saturated heterocycles. The summed E-state index contributed by atoms with van der Waals surface area (Å²) in [7, 11) is 0. The van der Waals surface area contributed by atoms with Crippen LogP contribution in [-0.4, -0.2) is 21.2 Å². The normalized spacial score (nSPS) is 11.8. The minimum absolute atomic E-state index is 0.180. The molecule has 150 valence electrons. The summed E-state index contributed by atoms with van der Waals surface area (Å²) in [6.07, 6.45) is 1.73. The molecule has 4 aromatic rings. The van der Waals surface area contributed by atoms with Crippen molar-refractivity contribution in [2.24, 2.45) is 0 Å². The fraction of sp³-hybridized carbons (Fsp3) is 0.125. The van der Waals surface area contributed by atoms with Gasteiger partial charge in [0.05, 0.1) is 11.6 Å². The van der Waals surface area contributed by atoms with Gasteiger partial charge in [0.25, 0.3) is 11.8 Å². The molecule has 2 heterocycles. The molecule has 0 saturated carbocycles. The summed E-state index contributed by atoms with van der Waals surface area (Å²) in [4.78, 5) is 30.1. The van der Waals surface area contributed by atoms with Crippen molar-refractivity contribution in [1.29, 1.82) is 0 Å². The minimum Gasteiger partial charge on any atom is -0.345 e. The Morgan fingerprint density at radius 2 is 1.57 bits per heavy atom. The van der Waals surface area contributed by atoms with Crippen molar-refractivity contribution in [2.75, 3.05) is 0 Å². The number of nitrogens with one attached hydrogen (secondary N) is 2. The largest absolute Gasteiger partial charge is 0.345 e. The summed E-state index contributed by atoms with van der Waals surface area (Å²) in [6.45, 7) is 2.30. The van der Waals surface area contributed by atoms with E-state index in [1.54, 1.807) is 22.7 Å². The molecule has 0 aliphatic heterocycles. The van der Waals surface area contributed by atoms with Crippen molar-refractivity contribution in [1.82, 2.24) is 20.0 Å². The number of benzene rings is 2. The molecule has 0 radical (unpaired) electrons. The Hall–Kier alpha value is -3.93. The van der Waals surface area contributed by atoms with Gasteiger partial charge < -0.3 is 10.6 Å². The van der Waals surface area contributed by atoms with Crippen LogP contribution >= 0.6 is 0 Å². The summed E-state index contributed by atoms with van der Waals surface area (Å²) in [5.41, 5.74) is 2.79. The minimum atomic E-state index is -0.338. The molecule has 0 aliphatic carbocycles. The number of amides is 2.